The van der Waals surface area contributed by atoms with Crippen molar-refractivity contribution in [2.24, 2.45) is 0 Å². The molecule has 1 aliphatic heterocycles. The summed E-state index contributed by atoms with van der Waals surface area (Å²) in [7, 11) is 3.49. The van der Waals surface area contributed by atoms with Gasteiger partial charge in [0, 0.05) is 14.1 Å². The third-order valence-electron chi connectivity index (χ3n) is 4.13. The van der Waals surface area contributed by atoms with Crippen LogP contribution >= 0.6 is 12.2 Å². The normalized spacial score (nSPS) is 16.0. The van der Waals surface area contributed by atoms with Gasteiger partial charge in [-0.15, -0.1) is 0 Å². The Morgan fingerprint density at radius 3 is 2.40 bits per heavy atom. The number of likely N-dealkylation sites (N-methyl/N-ethyl adjacent to an activating group) is 2. The van der Waals surface area contributed by atoms with Crippen molar-refractivity contribution in [1.29, 1.82) is 0 Å². The second-order valence-electron chi connectivity index (χ2n) is 6.08. The molecule has 3 rings (SSSR count). The molecular formula is C20H20N2O2S. The van der Waals surface area contributed by atoms with Gasteiger partial charge in [0.1, 0.15) is 18.1 Å². The number of nitrogens with zero attached hydrogens (tertiary/aromatic N) is 2. The van der Waals surface area contributed by atoms with Crippen LogP contribution in [0.2, 0.25) is 0 Å². The highest BCUT2D eigenvalue weighted by atomic mass is 32.1. The Labute approximate surface area is 153 Å². The summed E-state index contributed by atoms with van der Waals surface area (Å²) in [6, 6.07) is 15.9. The Bertz CT molecular complexity index is 843. The van der Waals surface area contributed by atoms with Crippen LogP contribution in [0, 0.1) is 6.92 Å². The molecule has 2 aromatic carbocycles. The third kappa shape index (κ3) is 3.72. The lowest BCUT2D eigenvalue weighted by Crippen LogP contribution is -2.26. The van der Waals surface area contributed by atoms with Gasteiger partial charge in [0.15, 0.2) is 5.11 Å². The van der Waals surface area contributed by atoms with Crippen LogP contribution in [-0.2, 0) is 11.4 Å². The van der Waals surface area contributed by atoms with Crippen molar-refractivity contribution < 1.29 is 9.53 Å². The fourth-order valence-corrected chi connectivity index (χ4v) is 2.86. The molecule has 0 N–H and O–H groups in total. The number of hydrogen-bond donors (Lipinski definition) is 0. The minimum absolute atomic E-state index is 0.0905. The molecule has 1 aliphatic rings. The molecule has 0 saturated carbocycles. The smallest absolute Gasteiger partial charge is 0.276 e. The number of hydrogen-bond acceptors (Lipinski definition) is 3. The molecule has 0 aliphatic carbocycles. The topological polar surface area (TPSA) is 32.8 Å². The fraction of sp³-hybridized carbons (Fsp3) is 0.200. The minimum Gasteiger partial charge on any atom is -0.489 e. The molecule has 1 fully saturated rings. The molecular weight excluding hydrogens is 332 g/mol. The van der Waals surface area contributed by atoms with Crippen LogP contribution in [0.5, 0.6) is 5.75 Å². The first-order valence-electron chi connectivity index (χ1n) is 8.01. The maximum Gasteiger partial charge on any atom is 0.276 e. The molecule has 0 spiro atoms. The van der Waals surface area contributed by atoms with Crippen molar-refractivity contribution in [3.63, 3.8) is 0 Å². The Morgan fingerprint density at radius 1 is 1.08 bits per heavy atom. The third-order valence-corrected chi connectivity index (χ3v) is 4.68. The quantitative estimate of drug-likeness (QED) is 0.622. The minimum atomic E-state index is -0.0905. The lowest BCUT2D eigenvalue weighted by molar-refractivity contribution is -0.121. The molecule has 0 radical (unpaired) electrons. The summed E-state index contributed by atoms with van der Waals surface area (Å²) in [4.78, 5) is 15.4. The van der Waals surface area contributed by atoms with Gasteiger partial charge in [-0.25, -0.2) is 0 Å². The first-order valence-corrected chi connectivity index (χ1v) is 8.42. The van der Waals surface area contributed by atoms with Gasteiger partial charge < -0.3 is 9.64 Å². The SMILES string of the molecule is Cc1cccc(COc2ccc(/C=C3\C(=O)N(C)C(=S)N3C)cc2)c1. The van der Waals surface area contributed by atoms with Gasteiger partial charge in [0.05, 0.1) is 0 Å². The van der Waals surface area contributed by atoms with Crippen molar-refractivity contribution in [3.8, 4) is 5.75 Å². The van der Waals surface area contributed by atoms with E-state index in [2.05, 4.69) is 19.1 Å². The number of ether oxygens (including phenoxy) is 1. The molecule has 0 bridgehead atoms. The highest BCUT2D eigenvalue weighted by molar-refractivity contribution is 7.80. The lowest BCUT2D eigenvalue weighted by Gasteiger charge is -2.11. The number of benzene rings is 2. The van der Waals surface area contributed by atoms with Gasteiger partial charge in [-0.1, -0.05) is 42.0 Å². The summed E-state index contributed by atoms with van der Waals surface area (Å²) in [5.74, 6) is 0.703. The summed E-state index contributed by atoms with van der Waals surface area (Å²) in [6.45, 7) is 2.60. The van der Waals surface area contributed by atoms with E-state index in [0.717, 1.165) is 16.9 Å². The van der Waals surface area contributed by atoms with E-state index >= 15 is 0 Å². The number of carbonyl (C=O) groups excluding carboxylic acids is 1. The predicted molar refractivity (Wildman–Crippen MR) is 103 cm³/mol. The van der Waals surface area contributed by atoms with E-state index in [0.29, 0.717) is 17.4 Å². The number of aryl methyl sites for hydroxylation is 1. The molecule has 1 amide bonds. The van der Waals surface area contributed by atoms with Crippen LogP contribution in [-0.4, -0.2) is 34.9 Å². The van der Waals surface area contributed by atoms with Gasteiger partial charge in [0.2, 0.25) is 0 Å². The summed E-state index contributed by atoms with van der Waals surface area (Å²) in [5, 5.41) is 0.509. The van der Waals surface area contributed by atoms with Crippen LogP contribution in [0.4, 0.5) is 0 Å². The first kappa shape index (κ1) is 17.2. The van der Waals surface area contributed by atoms with Gasteiger partial charge >= 0.3 is 0 Å². The Morgan fingerprint density at radius 2 is 1.80 bits per heavy atom. The van der Waals surface area contributed by atoms with Crippen molar-refractivity contribution in [3.05, 3.63) is 70.9 Å². The highest BCUT2D eigenvalue weighted by Gasteiger charge is 2.32. The maximum absolute atomic E-state index is 12.2. The Balaban J connectivity index is 1.69. The molecule has 0 unspecified atom stereocenters. The van der Waals surface area contributed by atoms with Crippen molar-refractivity contribution in [1.82, 2.24) is 9.80 Å². The zero-order valence-electron chi connectivity index (χ0n) is 14.5. The first-order chi connectivity index (χ1) is 12.0. The van der Waals surface area contributed by atoms with Crippen LogP contribution < -0.4 is 4.74 Å². The lowest BCUT2D eigenvalue weighted by atomic mass is 10.1. The van der Waals surface area contributed by atoms with E-state index in [-0.39, 0.29) is 5.91 Å². The molecule has 0 atom stereocenters. The van der Waals surface area contributed by atoms with Gasteiger partial charge in [-0.3, -0.25) is 9.69 Å². The summed E-state index contributed by atoms with van der Waals surface area (Å²) in [5.41, 5.74) is 3.86. The Kier molecular flexibility index (Phi) is 4.86. The summed E-state index contributed by atoms with van der Waals surface area (Å²) in [6.07, 6.45) is 1.84. The van der Waals surface area contributed by atoms with Crippen LogP contribution in [0.15, 0.2) is 54.2 Å². The second-order valence-corrected chi connectivity index (χ2v) is 6.45. The number of rotatable bonds is 4. The van der Waals surface area contributed by atoms with Crippen molar-refractivity contribution >= 4 is 29.3 Å². The fourth-order valence-electron chi connectivity index (χ4n) is 2.68. The molecule has 2 aromatic rings. The van der Waals surface area contributed by atoms with E-state index in [1.54, 1.807) is 19.0 Å². The highest BCUT2D eigenvalue weighted by Crippen LogP contribution is 2.22. The van der Waals surface area contributed by atoms with E-state index < -0.39 is 0 Å². The largest absolute Gasteiger partial charge is 0.489 e. The van der Waals surface area contributed by atoms with E-state index in [1.165, 1.54) is 10.5 Å². The average Bonchev–Trinajstić information content (AvgIpc) is 2.79. The molecule has 25 heavy (non-hydrogen) atoms. The van der Waals surface area contributed by atoms with Gasteiger partial charge in [-0.05, 0) is 48.5 Å². The number of carbonyl (C=O) groups is 1. The predicted octanol–water partition coefficient (Wildman–Crippen LogP) is 3.60. The van der Waals surface area contributed by atoms with Gasteiger partial charge in [-0.2, -0.15) is 0 Å². The molecule has 0 aromatic heterocycles. The molecule has 128 valence electrons. The van der Waals surface area contributed by atoms with Crippen LogP contribution in [0.25, 0.3) is 6.08 Å². The molecule has 1 heterocycles. The number of thiocarbonyl (C=S) groups is 1. The van der Waals surface area contributed by atoms with Gasteiger partial charge in [0.25, 0.3) is 5.91 Å². The van der Waals surface area contributed by atoms with Crippen LogP contribution in [0.3, 0.4) is 0 Å². The maximum atomic E-state index is 12.2. The van der Waals surface area contributed by atoms with E-state index in [9.17, 15) is 4.79 Å². The second kappa shape index (κ2) is 7.07. The van der Waals surface area contributed by atoms with Crippen LogP contribution in [0.1, 0.15) is 16.7 Å². The van der Waals surface area contributed by atoms with Crippen molar-refractivity contribution in [2.75, 3.05) is 14.1 Å². The summed E-state index contributed by atoms with van der Waals surface area (Å²) >= 11 is 5.22. The Hall–Kier alpha value is -2.66. The average molecular weight is 352 g/mol. The van der Waals surface area contributed by atoms with E-state index in [1.807, 2.05) is 42.5 Å². The molecule has 4 nitrogen and oxygen atoms in total. The van der Waals surface area contributed by atoms with Crippen molar-refractivity contribution in [2.45, 2.75) is 13.5 Å². The van der Waals surface area contributed by atoms with E-state index in [4.69, 9.17) is 17.0 Å². The summed E-state index contributed by atoms with van der Waals surface area (Å²) < 4.78 is 5.82. The number of amides is 1. The standard InChI is InChI=1S/C20H20N2O2S/c1-14-5-4-6-16(11-14)13-24-17-9-7-15(8-10-17)12-18-19(23)22(3)20(25)21(18)2/h4-12H,13H2,1-3H3/b18-12+. The molecule has 1 saturated heterocycles. The monoisotopic (exact) mass is 352 g/mol. The molecule has 5 heteroatoms. The zero-order chi connectivity index (χ0) is 18.0. The zero-order valence-corrected chi connectivity index (χ0v) is 15.3.